The molecule has 0 aliphatic rings. The molecule has 0 saturated heterocycles. The van der Waals surface area contributed by atoms with Crippen LogP contribution in [0.5, 0.6) is 0 Å². The molecule has 4 nitrogen and oxygen atoms in total. The second kappa shape index (κ2) is 23.0. The highest BCUT2D eigenvalue weighted by molar-refractivity contribution is 5.77. The van der Waals surface area contributed by atoms with Gasteiger partial charge in [0.2, 0.25) is 0 Å². The monoisotopic (exact) mass is 293 g/mol. The molecule has 118 valence electrons. The number of terminal acetylenes is 1. The van der Waals surface area contributed by atoms with Crippen LogP contribution in [0.15, 0.2) is 36.4 Å². The Morgan fingerprint density at radius 2 is 1.48 bits per heavy atom. The quantitative estimate of drug-likeness (QED) is 0.459. The molecule has 0 spiro atoms. The standard InChI is InChI=1S/C7H13NO3.C6H6.C2H6.C2H2/c1-7(10)5-8(2)3-4-11-6-9;1-2-4-6-5-3-1;2*1-2/h6H,3-5H2,1-2H3;1-6H;1-2H3;1-2H. The number of likely N-dealkylation sites (N-methyl/N-ethyl adjacent to an activating group) is 1. The van der Waals surface area contributed by atoms with E-state index in [1.165, 1.54) is 6.92 Å². The van der Waals surface area contributed by atoms with Crippen LogP contribution in [0.1, 0.15) is 20.8 Å². The van der Waals surface area contributed by atoms with E-state index in [-0.39, 0.29) is 5.78 Å². The number of Topliss-reactive ketones (excluding diaryl/α,β-unsaturated/α-hetero) is 1. The average Bonchev–Trinajstić information content (AvgIpc) is 2.53. The predicted molar refractivity (Wildman–Crippen MR) is 87.9 cm³/mol. The summed E-state index contributed by atoms with van der Waals surface area (Å²) >= 11 is 0. The van der Waals surface area contributed by atoms with Gasteiger partial charge in [0.25, 0.3) is 6.47 Å². The second-order valence-electron chi connectivity index (χ2n) is 3.56. The third-order valence-corrected chi connectivity index (χ3v) is 1.82. The van der Waals surface area contributed by atoms with Gasteiger partial charge in [0.1, 0.15) is 12.4 Å². The van der Waals surface area contributed by atoms with E-state index in [1.807, 2.05) is 50.2 Å². The zero-order chi connectivity index (χ0) is 16.9. The number of nitrogens with zero attached hydrogens (tertiary/aromatic N) is 1. The van der Waals surface area contributed by atoms with E-state index in [2.05, 4.69) is 17.6 Å². The normalized spacial score (nSPS) is 7.76. The van der Waals surface area contributed by atoms with Gasteiger partial charge in [-0.3, -0.25) is 14.5 Å². The summed E-state index contributed by atoms with van der Waals surface area (Å²) in [6.45, 7) is 7.27. The molecule has 0 aromatic heterocycles. The molecule has 0 N–H and O–H groups in total. The molecule has 1 aromatic carbocycles. The first-order chi connectivity index (χ1) is 10.2. The Labute approximate surface area is 129 Å². The van der Waals surface area contributed by atoms with Crippen molar-refractivity contribution in [1.82, 2.24) is 4.90 Å². The van der Waals surface area contributed by atoms with Crippen molar-refractivity contribution in [2.24, 2.45) is 0 Å². The van der Waals surface area contributed by atoms with E-state index in [0.29, 0.717) is 26.2 Å². The van der Waals surface area contributed by atoms with E-state index in [1.54, 1.807) is 11.9 Å². The maximum atomic E-state index is 10.5. The molecular formula is C17H27NO3. The van der Waals surface area contributed by atoms with E-state index in [4.69, 9.17) is 0 Å². The van der Waals surface area contributed by atoms with Gasteiger partial charge in [-0.2, -0.15) is 0 Å². The predicted octanol–water partition coefficient (Wildman–Crippen LogP) is 2.64. The Morgan fingerprint density at radius 1 is 1.10 bits per heavy atom. The topological polar surface area (TPSA) is 46.6 Å². The van der Waals surface area contributed by atoms with Crippen LogP contribution in [0.2, 0.25) is 0 Å². The van der Waals surface area contributed by atoms with Gasteiger partial charge < -0.3 is 4.74 Å². The molecule has 1 aromatic rings. The number of ketones is 1. The van der Waals surface area contributed by atoms with Crippen molar-refractivity contribution in [2.45, 2.75) is 20.8 Å². The van der Waals surface area contributed by atoms with Gasteiger partial charge in [-0.1, -0.05) is 50.2 Å². The largest absolute Gasteiger partial charge is 0.467 e. The van der Waals surface area contributed by atoms with Crippen LogP contribution in [0.25, 0.3) is 0 Å². The molecule has 21 heavy (non-hydrogen) atoms. The Morgan fingerprint density at radius 3 is 1.76 bits per heavy atom. The summed E-state index contributed by atoms with van der Waals surface area (Å²) in [6, 6.07) is 12.0. The third kappa shape index (κ3) is 27.2. The van der Waals surface area contributed by atoms with Crippen molar-refractivity contribution in [1.29, 1.82) is 0 Å². The van der Waals surface area contributed by atoms with Crippen molar-refractivity contribution in [3.05, 3.63) is 36.4 Å². The Bertz CT molecular complexity index is 310. The van der Waals surface area contributed by atoms with Crippen molar-refractivity contribution >= 4 is 12.3 Å². The Kier molecular flexibility index (Phi) is 26.2. The average molecular weight is 293 g/mol. The number of carbonyl (C=O) groups is 2. The lowest BCUT2D eigenvalue weighted by atomic mass is 10.4. The first-order valence-corrected chi connectivity index (χ1v) is 6.73. The first-order valence-electron chi connectivity index (χ1n) is 6.73. The van der Waals surface area contributed by atoms with E-state index >= 15 is 0 Å². The highest BCUT2D eigenvalue weighted by Crippen LogP contribution is 1.82. The van der Waals surface area contributed by atoms with Crippen molar-refractivity contribution in [3.8, 4) is 12.8 Å². The van der Waals surface area contributed by atoms with Crippen molar-refractivity contribution in [2.75, 3.05) is 26.7 Å². The summed E-state index contributed by atoms with van der Waals surface area (Å²) in [5.41, 5.74) is 0. The lowest BCUT2D eigenvalue weighted by Crippen LogP contribution is -2.27. The van der Waals surface area contributed by atoms with Crippen LogP contribution >= 0.6 is 0 Å². The number of benzene rings is 1. The molecule has 0 saturated carbocycles. The Hall–Kier alpha value is -2.12. The Balaban J connectivity index is -0.000000271. The minimum absolute atomic E-state index is 0.110. The zero-order valence-electron chi connectivity index (χ0n) is 13.5. The highest BCUT2D eigenvalue weighted by Gasteiger charge is 2.00. The van der Waals surface area contributed by atoms with Crippen LogP contribution in [0, 0.1) is 12.8 Å². The third-order valence-electron chi connectivity index (χ3n) is 1.82. The van der Waals surface area contributed by atoms with Gasteiger partial charge in [-0.05, 0) is 14.0 Å². The molecule has 4 heteroatoms. The molecule has 0 atom stereocenters. The van der Waals surface area contributed by atoms with Crippen LogP contribution < -0.4 is 0 Å². The number of hydrogen-bond acceptors (Lipinski definition) is 4. The molecule has 1 rings (SSSR count). The van der Waals surface area contributed by atoms with Gasteiger partial charge in [-0.15, -0.1) is 12.8 Å². The number of rotatable bonds is 6. The molecular weight excluding hydrogens is 266 g/mol. The molecule has 0 unspecified atom stereocenters. The first kappa shape index (κ1) is 23.9. The summed E-state index contributed by atoms with van der Waals surface area (Å²) in [6.07, 6.45) is 8.00. The van der Waals surface area contributed by atoms with Crippen molar-refractivity contribution in [3.63, 3.8) is 0 Å². The molecule has 0 amide bonds. The lowest BCUT2D eigenvalue weighted by Gasteiger charge is -2.12. The number of carbonyl (C=O) groups excluding carboxylic acids is 2. The van der Waals surface area contributed by atoms with Crippen LogP contribution in [0.3, 0.4) is 0 Å². The fraction of sp³-hybridized carbons (Fsp3) is 0.412. The second-order valence-corrected chi connectivity index (χ2v) is 3.56. The fourth-order valence-corrected chi connectivity index (χ4v) is 1.10. The summed E-state index contributed by atoms with van der Waals surface area (Å²) in [7, 11) is 1.80. The molecule has 0 bridgehead atoms. The highest BCUT2D eigenvalue weighted by atomic mass is 16.5. The fourth-order valence-electron chi connectivity index (χ4n) is 1.10. The number of hydrogen-bond donors (Lipinski definition) is 0. The van der Waals surface area contributed by atoms with Gasteiger partial charge in [0.15, 0.2) is 0 Å². The van der Waals surface area contributed by atoms with Crippen LogP contribution in [0.4, 0.5) is 0 Å². The summed E-state index contributed by atoms with van der Waals surface area (Å²) < 4.78 is 4.45. The van der Waals surface area contributed by atoms with E-state index < -0.39 is 0 Å². The molecule has 0 radical (unpaired) electrons. The lowest BCUT2D eigenvalue weighted by molar-refractivity contribution is -0.129. The van der Waals surface area contributed by atoms with E-state index in [0.717, 1.165) is 0 Å². The minimum atomic E-state index is 0.110. The minimum Gasteiger partial charge on any atom is -0.467 e. The van der Waals surface area contributed by atoms with Crippen LogP contribution in [-0.2, 0) is 14.3 Å². The molecule has 0 heterocycles. The van der Waals surface area contributed by atoms with Crippen LogP contribution in [-0.4, -0.2) is 43.9 Å². The number of ether oxygens (including phenoxy) is 1. The maximum absolute atomic E-state index is 10.5. The summed E-state index contributed by atoms with van der Waals surface area (Å²) in [5, 5.41) is 0. The molecule has 0 aliphatic carbocycles. The van der Waals surface area contributed by atoms with Gasteiger partial charge >= 0.3 is 0 Å². The maximum Gasteiger partial charge on any atom is 0.293 e. The zero-order valence-corrected chi connectivity index (χ0v) is 13.5. The molecule has 0 aliphatic heterocycles. The smallest absolute Gasteiger partial charge is 0.293 e. The molecule has 0 fully saturated rings. The summed E-state index contributed by atoms with van der Waals surface area (Å²) in [4.78, 5) is 22.0. The SMILES string of the molecule is C#C.CC.CC(=O)CN(C)CCOC=O.c1ccccc1. The summed E-state index contributed by atoms with van der Waals surface area (Å²) in [5.74, 6) is 0.110. The van der Waals surface area contributed by atoms with E-state index in [9.17, 15) is 9.59 Å². The van der Waals surface area contributed by atoms with Crippen molar-refractivity contribution < 1.29 is 14.3 Å². The van der Waals surface area contributed by atoms with Gasteiger partial charge in [0.05, 0.1) is 6.54 Å². The van der Waals surface area contributed by atoms with Gasteiger partial charge in [-0.25, -0.2) is 0 Å². The van der Waals surface area contributed by atoms with Gasteiger partial charge in [0, 0.05) is 6.54 Å².